The quantitative estimate of drug-likeness (QED) is 0.709. The van der Waals surface area contributed by atoms with Crippen molar-refractivity contribution in [3.8, 4) is 0 Å². The molecule has 0 spiro atoms. The molecule has 2 bridgehead atoms. The Morgan fingerprint density at radius 2 is 2.11 bits per heavy atom. The van der Waals surface area contributed by atoms with Crippen LogP contribution in [0.15, 0.2) is 11.1 Å². The van der Waals surface area contributed by atoms with Crippen LogP contribution in [0.1, 0.15) is 33.1 Å². The highest BCUT2D eigenvalue weighted by atomic mass is 16.6. The number of ether oxygens (including phenoxy) is 3. The summed E-state index contributed by atoms with van der Waals surface area (Å²) in [5.41, 5.74) is 0.0684. The first kappa shape index (κ1) is 13.1. The van der Waals surface area contributed by atoms with E-state index >= 15 is 0 Å². The molecule has 5 nitrogen and oxygen atoms in total. The van der Waals surface area contributed by atoms with Crippen molar-refractivity contribution in [1.29, 1.82) is 0 Å². The van der Waals surface area contributed by atoms with Gasteiger partial charge in [-0.05, 0) is 26.2 Å². The first-order valence-corrected chi connectivity index (χ1v) is 6.27. The molecule has 0 aliphatic carbocycles. The first-order valence-electron chi connectivity index (χ1n) is 6.27. The summed E-state index contributed by atoms with van der Waals surface area (Å²) in [5, 5.41) is 0. The van der Waals surface area contributed by atoms with Crippen molar-refractivity contribution in [2.24, 2.45) is 0 Å². The van der Waals surface area contributed by atoms with Crippen molar-refractivity contribution in [3.05, 3.63) is 11.1 Å². The summed E-state index contributed by atoms with van der Waals surface area (Å²) in [6.07, 6.45) is 1.83. The van der Waals surface area contributed by atoms with Crippen molar-refractivity contribution >= 4 is 11.9 Å². The lowest BCUT2D eigenvalue weighted by Gasteiger charge is -2.25. The average molecular weight is 254 g/mol. The van der Waals surface area contributed by atoms with Gasteiger partial charge in [0.15, 0.2) is 0 Å². The van der Waals surface area contributed by atoms with Gasteiger partial charge in [-0.25, -0.2) is 9.59 Å². The maximum Gasteiger partial charge on any atom is 0.337 e. The van der Waals surface area contributed by atoms with E-state index in [0.29, 0.717) is 17.6 Å². The smallest absolute Gasteiger partial charge is 0.337 e. The molecule has 100 valence electrons. The molecule has 1 fully saturated rings. The van der Waals surface area contributed by atoms with Gasteiger partial charge in [0.1, 0.15) is 5.60 Å². The van der Waals surface area contributed by atoms with E-state index in [1.165, 1.54) is 7.11 Å². The summed E-state index contributed by atoms with van der Waals surface area (Å²) in [5.74, 6) is -0.944. The Kier molecular flexibility index (Phi) is 3.43. The normalized spacial score (nSPS) is 29.6. The highest BCUT2D eigenvalue weighted by Crippen LogP contribution is 2.50. The zero-order valence-corrected chi connectivity index (χ0v) is 10.9. The predicted octanol–water partition coefficient (Wildman–Crippen LogP) is 1.36. The molecule has 0 aromatic rings. The minimum atomic E-state index is -0.653. The van der Waals surface area contributed by atoms with Crippen molar-refractivity contribution < 1.29 is 23.8 Å². The molecule has 18 heavy (non-hydrogen) atoms. The fraction of sp³-hybridized carbons (Fsp3) is 0.692. The van der Waals surface area contributed by atoms with Gasteiger partial charge in [0, 0.05) is 0 Å². The molecule has 0 saturated carbocycles. The van der Waals surface area contributed by atoms with Crippen LogP contribution < -0.4 is 0 Å². The summed E-state index contributed by atoms with van der Waals surface area (Å²) in [6.45, 7) is 3.96. The molecule has 0 aromatic heterocycles. The monoisotopic (exact) mass is 254 g/mol. The third-order valence-electron chi connectivity index (χ3n) is 3.68. The Morgan fingerprint density at radius 3 is 2.67 bits per heavy atom. The minimum Gasteiger partial charge on any atom is -0.466 e. The highest BCUT2D eigenvalue weighted by Gasteiger charge is 2.56. The molecule has 5 heteroatoms. The second-order valence-electron chi connectivity index (χ2n) is 4.49. The fourth-order valence-corrected chi connectivity index (χ4v) is 2.83. The van der Waals surface area contributed by atoms with Crippen LogP contribution >= 0.6 is 0 Å². The van der Waals surface area contributed by atoms with Gasteiger partial charge in [-0.3, -0.25) is 0 Å². The van der Waals surface area contributed by atoms with E-state index in [9.17, 15) is 9.59 Å². The maximum atomic E-state index is 12.0. The van der Waals surface area contributed by atoms with Gasteiger partial charge in [0.25, 0.3) is 0 Å². The molecule has 2 atom stereocenters. The Morgan fingerprint density at radius 1 is 1.39 bits per heavy atom. The lowest BCUT2D eigenvalue weighted by atomic mass is 9.80. The second-order valence-corrected chi connectivity index (χ2v) is 4.49. The van der Waals surface area contributed by atoms with Crippen LogP contribution in [0.4, 0.5) is 0 Å². The molecule has 2 aliphatic rings. The molecular weight excluding hydrogens is 236 g/mol. The van der Waals surface area contributed by atoms with Crippen LogP contribution in [-0.4, -0.2) is 37.4 Å². The molecule has 2 rings (SSSR count). The fourth-order valence-electron chi connectivity index (χ4n) is 2.83. The van der Waals surface area contributed by atoms with Crippen molar-refractivity contribution in [2.45, 2.75) is 44.8 Å². The highest BCUT2D eigenvalue weighted by molar-refractivity contribution is 6.04. The molecule has 2 unspecified atom stereocenters. The van der Waals surface area contributed by atoms with Gasteiger partial charge in [-0.2, -0.15) is 0 Å². The molecule has 0 aromatic carbocycles. The van der Waals surface area contributed by atoms with Gasteiger partial charge in [0.2, 0.25) is 0 Å². The van der Waals surface area contributed by atoms with Crippen LogP contribution in [-0.2, 0) is 23.8 Å². The van der Waals surface area contributed by atoms with Crippen LogP contribution in [0.2, 0.25) is 0 Å². The predicted molar refractivity (Wildman–Crippen MR) is 62.8 cm³/mol. The number of hydrogen-bond donors (Lipinski definition) is 0. The van der Waals surface area contributed by atoms with E-state index in [-0.39, 0.29) is 12.7 Å². The third kappa shape index (κ3) is 1.73. The topological polar surface area (TPSA) is 61.8 Å². The first-order chi connectivity index (χ1) is 8.59. The Balaban J connectivity index is 2.45. The molecule has 0 amide bonds. The van der Waals surface area contributed by atoms with Crippen LogP contribution in [0.5, 0.6) is 0 Å². The molecule has 0 radical (unpaired) electrons. The number of rotatable bonds is 4. The van der Waals surface area contributed by atoms with E-state index in [0.717, 1.165) is 12.8 Å². The SMILES string of the molecule is CCOC(=O)C1=C(C(=O)OC)C2(CC)CCC1O2. The lowest BCUT2D eigenvalue weighted by Crippen LogP contribution is -2.33. The van der Waals surface area contributed by atoms with E-state index in [4.69, 9.17) is 14.2 Å². The van der Waals surface area contributed by atoms with Gasteiger partial charge < -0.3 is 14.2 Å². The van der Waals surface area contributed by atoms with Gasteiger partial charge in [-0.15, -0.1) is 0 Å². The molecule has 2 heterocycles. The van der Waals surface area contributed by atoms with E-state index < -0.39 is 17.5 Å². The largest absolute Gasteiger partial charge is 0.466 e. The standard InChI is InChI=1S/C13H18O5/c1-4-13-7-6-8(18-13)9(11(14)17-5-2)10(13)12(15)16-3/h8H,4-7H2,1-3H3. The number of hydrogen-bond acceptors (Lipinski definition) is 5. The van der Waals surface area contributed by atoms with Crippen LogP contribution in [0.25, 0.3) is 0 Å². The Labute approximate surface area is 106 Å². The lowest BCUT2D eigenvalue weighted by molar-refractivity contribution is -0.141. The summed E-state index contributed by atoms with van der Waals surface area (Å²) in [6, 6.07) is 0. The van der Waals surface area contributed by atoms with Crippen molar-refractivity contribution in [2.75, 3.05) is 13.7 Å². The summed E-state index contributed by atoms with van der Waals surface area (Å²) in [4.78, 5) is 23.9. The zero-order valence-electron chi connectivity index (χ0n) is 10.9. The second kappa shape index (κ2) is 4.72. The molecular formula is C13H18O5. The Hall–Kier alpha value is -1.36. The summed E-state index contributed by atoms with van der Waals surface area (Å²) < 4.78 is 15.6. The van der Waals surface area contributed by atoms with E-state index in [1.807, 2.05) is 6.92 Å². The zero-order chi connectivity index (χ0) is 13.3. The van der Waals surface area contributed by atoms with Gasteiger partial charge >= 0.3 is 11.9 Å². The maximum absolute atomic E-state index is 12.0. The summed E-state index contributed by atoms with van der Waals surface area (Å²) >= 11 is 0. The number of carbonyl (C=O) groups is 2. The van der Waals surface area contributed by atoms with Crippen LogP contribution in [0, 0.1) is 0 Å². The number of methoxy groups -OCH3 is 1. The third-order valence-corrected chi connectivity index (χ3v) is 3.68. The number of esters is 2. The van der Waals surface area contributed by atoms with Crippen molar-refractivity contribution in [1.82, 2.24) is 0 Å². The molecule has 2 aliphatic heterocycles. The number of carbonyl (C=O) groups excluding carboxylic acids is 2. The summed E-state index contributed by atoms with van der Waals surface area (Å²) in [7, 11) is 1.31. The minimum absolute atomic E-state index is 0.280. The molecule has 1 saturated heterocycles. The Bertz CT molecular complexity index is 412. The number of fused-ring (bicyclic) bond motifs is 2. The van der Waals surface area contributed by atoms with Gasteiger partial charge in [-0.1, -0.05) is 6.92 Å². The van der Waals surface area contributed by atoms with E-state index in [1.54, 1.807) is 6.92 Å². The van der Waals surface area contributed by atoms with Crippen LogP contribution in [0.3, 0.4) is 0 Å². The van der Waals surface area contributed by atoms with Crippen molar-refractivity contribution in [3.63, 3.8) is 0 Å². The molecule has 0 N–H and O–H groups in total. The van der Waals surface area contributed by atoms with Gasteiger partial charge in [0.05, 0.1) is 31.0 Å². The van der Waals surface area contributed by atoms with E-state index in [2.05, 4.69) is 0 Å². The average Bonchev–Trinajstić information content (AvgIpc) is 2.94.